The second-order valence-electron chi connectivity index (χ2n) is 6.94. The molecular weight excluding hydrogens is 312 g/mol. The summed E-state index contributed by atoms with van der Waals surface area (Å²) in [5, 5.41) is 18.4. The molecule has 4 heteroatoms. The zero-order chi connectivity index (χ0) is 17.2. The fourth-order valence-electron chi connectivity index (χ4n) is 3.65. The lowest BCUT2D eigenvalue weighted by Gasteiger charge is -2.45. The third kappa shape index (κ3) is 3.59. The molecule has 2 aliphatic rings. The van der Waals surface area contributed by atoms with Crippen LogP contribution in [-0.2, 0) is 13.0 Å². The van der Waals surface area contributed by atoms with Crippen LogP contribution < -0.4 is 0 Å². The average molecular weight is 334 g/mol. The fourth-order valence-corrected chi connectivity index (χ4v) is 3.65. The number of benzene rings is 1. The first-order valence-corrected chi connectivity index (χ1v) is 8.85. The largest absolute Gasteiger partial charge is 0.368 e. The maximum atomic E-state index is 9.22. The van der Waals surface area contributed by atoms with Crippen molar-refractivity contribution in [2.24, 2.45) is 5.92 Å². The standard InChI is InChI=1S/C21H22N2O2/c24-21(25)17-12-19(13-17)23-11-10-20-16(14-23)7-9-18(22-20)8-6-15-4-2-1-3-5-15/h1-5,7,9,17,19,21,24-25H,10-14H2. The second-order valence-corrected chi connectivity index (χ2v) is 6.94. The lowest BCUT2D eigenvalue weighted by molar-refractivity contribution is -0.127. The summed E-state index contributed by atoms with van der Waals surface area (Å²) in [6, 6.07) is 14.6. The Bertz CT molecular complexity index is 802. The molecule has 2 heterocycles. The second kappa shape index (κ2) is 6.97. The van der Waals surface area contributed by atoms with E-state index < -0.39 is 6.29 Å². The highest BCUT2D eigenvalue weighted by molar-refractivity contribution is 5.41. The van der Waals surface area contributed by atoms with Gasteiger partial charge < -0.3 is 10.2 Å². The van der Waals surface area contributed by atoms with E-state index in [0.717, 1.165) is 49.3 Å². The lowest BCUT2D eigenvalue weighted by atomic mass is 9.78. The average Bonchev–Trinajstić information content (AvgIpc) is 2.59. The van der Waals surface area contributed by atoms with Gasteiger partial charge in [0, 0.05) is 42.7 Å². The number of hydrogen-bond acceptors (Lipinski definition) is 4. The number of pyridine rings is 1. The van der Waals surface area contributed by atoms with Gasteiger partial charge in [0.15, 0.2) is 6.29 Å². The van der Waals surface area contributed by atoms with Crippen LogP contribution in [0.3, 0.4) is 0 Å². The van der Waals surface area contributed by atoms with Crippen molar-refractivity contribution in [2.75, 3.05) is 6.54 Å². The van der Waals surface area contributed by atoms with Crippen molar-refractivity contribution in [3.8, 4) is 11.8 Å². The van der Waals surface area contributed by atoms with Gasteiger partial charge in [0.05, 0.1) is 0 Å². The molecule has 0 amide bonds. The normalized spacial score (nSPS) is 22.7. The van der Waals surface area contributed by atoms with Gasteiger partial charge in [-0.15, -0.1) is 0 Å². The van der Waals surface area contributed by atoms with E-state index in [9.17, 15) is 10.2 Å². The van der Waals surface area contributed by atoms with Crippen molar-refractivity contribution < 1.29 is 10.2 Å². The maximum absolute atomic E-state index is 9.22. The summed E-state index contributed by atoms with van der Waals surface area (Å²) in [5.74, 6) is 6.36. The number of fused-ring (bicyclic) bond motifs is 1. The van der Waals surface area contributed by atoms with Gasteiger partial charge in [-0.25, -0.2) is 4.98 Å². The molecule has 1 aromatic heterocycles. The fraction of sp³-hybridized carbons (Fsp3) is 0.381. The molecule has 128 valence electrons. The molecule has 4 nitrogen and oxygen atoms in total. The molecule has 0 unspecified atom stereocenters. The number of aliphatic hydroxyl groups is 2. The van der Waals surface area contributed by atoms with Gasteiger partial charge in [-0.05, 0) is 42.5 Å². The van der Waals surface area contributed by atoms with Crippen LogP contribution >= 0.6 is 0 Å². The van der Waals surface area contributed by atoms with Gasteiger partial charge in [0.25, 0.3) is 0 Å². The minimum absolute atomic E-state index is 0.0418. The number of rotatable bonds is 2. The van der Waals surface area contributed by atoms with Crippen LogP contribution in [0.15, 0.2) is 42.5 Å². The molecule has 2 N–H and O–H groups in total. The molecule has 0 radical (unpaired) electrons. The molecule has 4 rings (SSSR count). The third-order valence-corrected chi connectivity index (χ3v) is 5.27. The first kappa shape index (κ1) is 16.3. The third-order valence-electron chi connectivity index (χ3n) is 5.27. The van der Waals surface area contributed by atoms with Crippen molar-refractivity contribution in [1.82, 2.24) is 9.88 Å². The summed E-state index contributed by atoms with van der Waals surface area (Å²) in [4.78, 5) is 7.17. The van der Waals surface area contributed by atoms with Crippen LogP contribution in [-0.4, -0.2) is 39.0 Å². The van der Waals surface area contributed by atoms with Crippen LogP contribution in [0.4, 0.5) is 0 Å². The topological polar surface area (TPSA) is 56.6 Å². The van der Waals surface area contributed by atoms with Gasteiger partial charge in [-0.3, -0.25) is 4.90 Å². The van der Waals surface area contributed by atoms with Crippen molar-refractivity contribution in [2.45, 2.75) is 38.1 Å². The zero-order valence-electron chi connectivity index (χ0n) is 14.1. The molecule has 2 aromatic rings. The van der Waals surface area contributed by atoms with Crippen molar-refractivity contribution >= 4 is 0 Å². The van der Waals surface area contributed by atoms with E-state index in [-0.39, 0.29) is 5.92 Å². The Balaban J connectivity index is 1.43. The predicted molar refractivity (Wildman–Crippen MR) is 95.5 cm³/mol. The molecule has 1 aromatic carbocycles. The lowest BCUT2D eigenvalue weighted by Crippen LogP contribution is -2.49. The minimum atomic E-state index is -1.17. The van der Waals surface area contributed by atoms with E-state index in [1.165, 1.54) is 5.56 Å². The Labute approximate surface area is 148 Å². The highest BCUT2D eigenvalue weighted by Gasteiger charge is 2.38. The number of hydrogen-bond donors (Lipinski definition) is 2. The number of nitrogens with zero attached hydrogens (tertiary/aromatic N) is 2. The quantitative estimate of drug-likeness (QED) is 0.651. The van der Waals surface area contributed by atoms with Crippen LogP contribution in [0.25, 0.3) is 0 Å². The predicted octanol–water partition coefficient (Wildman–Crippen LogP) is 1.93. The van der Waals surface area contributed by atoms with Gasteiger partial charge in [-0.2, -0.15) is 0 Å². The summed E-state index contributed by atoms with van der Waals surface area (Å²) in [5.41, 5.74) is 4.24. The Hall–Kier alpha value is -2.19. The summed E-state index contributed by atoms with van der Waals surface area (Å²) in [7, 11) is 0. The van der Waals surface area contributed by atoms with Gasteiger partial charge >= 0.3 is 0 Å². The molecule has 1 fully saturated rings. The Morgan fingerprint density at radius 1 is 1.04 bits per heavy atom. The van der Waals surface area contributed by atoms with Gasteiger partial charge in [0.1, 0.15) is 5.69 Å². The van der Waals surface area contributed by atoms with Crippen LogP contribution in [0.1, 0.15) is 35.4 Å². The van der Waals surface area contributed by atoms with E-state index in [1.807, 2.05) is 36.4 Å². The van der Waals surface area contributed by atoms with Crippen molar-refractivity contribution in [3.63, 3.8) is 0 Å². The number of aliphatic hydroxyl groups excluding tert-OH is 1. The van der Waals surface area contributed by atoms with Crippen LogP contribution in [0.2, 0.25) is 0 Å². The molecule has 1 saturated carbocycles. The van der Waals surface area contributed by atoms with E-state index in [1.54, 1.807) is 0 Å². The smallest absolute Gasteiger partial charge is 0.154 e. The molecule has 1 aliphatic heterocycles. The Morgan fingerprint density at radius 2 is 1.84 bits per heavy atom. The summed E-state index contributed by atoms with van der Waals surface area (Å²) >= 11 is 0. The maximum Gasteiger partial charge on any atom is 0.154 e. The molecule has 0 spiro atoms. The summed E-state index contributed by atoms with van der Waals surface area (Å²) in [6.45, 7) is 1.88. The summed E-state index contributed by atoms with van der Waals surface area (Å²) in [6.07, 6.45) is 1.52. The van der Waals surface area contributed by atoms with E-state index in [2.05, 4.69) is 22.8 Å². The molecule has 1 aliphatic carbocycles. The van der Waals surface area contributed by atoms with Crippen LogP contribution in [0, 0.1) is 17.8 Å². The van der Waals surface area contributed by atoms with E-state index >= 15 is 0 Å². The highest BCUT2D eigenvalue weighted by atomic mass is 16.5. The zero-order valence-corrected chi connectivity index (χ0v) is 14.1. The first-order valence-electron chi connectivity index (χ1n) is 8.85. The summed E-state index contributed by atoms with van der Waals surface area (Å²) < 4.78 is 0. The Morgan fingerprint density at radius 3 is 2.60 bits per heavy atom. The minimum Gasteiger partial charge on any atom is -0.368 e. The first-order chi connectivity index (χ1) is 12.2. The molecule has 25 heavy (non-hydrogen) atoms. The van der Waals surface area contributed by atoms with E-state index in [0.29, 0.717) is 6.04 Å². The van der Waals surface area contributed by atoms with Crippen LogP contribution in [0.5, 0.6) is 0 Å². The Kier molecular flexibility index (Phi) is 4.54. The number of aromatic nitrogens is 1. The monoisotopic (exact) mass is 334 g/mol. The van der Waals surface area contributed by atoms with Gasteiger partial charge in [-0.1, -0.05) is 30.2 Å². The van der Waals surface area contributed by atoms with E-state index in [4.69, 9.17) is 4.98 Å². The molecule has 0 saturated heterocycles. The molecule has 0 atom stereocenters. The van der Waals surface area contributed by atoms with Crippen molar-refractivity contribution in [1.29, 1.82) is 0 Å². The highest BCUT2D eigenvalue weighted by Crippen LogP contribution is 2.35. The molecule has 0 bridgehead atoms. The molecular formula is C21H22N2O2. The SMILES string of the molecule is OC(O)C1CC(N2CCc3nc(C#Cc4ccccc4)ccc3C2)C1. The van der Waals surface area contributed by atoms with Gasteiger partial charge in [0.2, 0.25) is 0 Å². The van der Waals surface area contributed by atoms with Crippen molar-refractivity contribution in [3.05, 3.63) is 65.0 Å².